The van der Waals surface area contributed by atoms with Crippen molar-refractivity contribution in [2.75, 3.05) is 5.32 Å². The molecule has 134 valence electrons. The number of nitrogens with zero attached hydrogens (tertiary/aromatic N) is 3. The summed E-state index contributed by atoms with van der Waals surface area (Å²) in [5.74, 6) is 0.132. The zero-order valence-corrected chi connectivity index (χ0v) is 14.9. The van der Waals surface area contributed by atoms with E-state index < -0.39 is 10.8 Å². The van der Waals surface area contributed by atoms with Crippen LogP contribution >= 0.6 is 0 Å². The Kier molecular flexibility index (Phi) is 4.19. The number of hydrogen-bond acceptors (Lipinski definition) is 6. The average Bonchev–Trinajstić information content (AvgIpc) is 2.98. The molecule has 0 unspecified atom stereocenters. The van der Waals surface area contributed by atoms with Crippen molar-refractivity contribution in [3.05, 3.63) is 57.7 Å². The topological polar surface area (TPSA) is 111 Å². The van der Waals surface area contributed by atoms with Crippen molar-refractivity contribution < 1.29 is 14.1 Å². The summed E-state index contributed by atoms with van der Waals surface area (Å²) in [4.78, 5) is 31.2. The number of anilines is 1. The van der Waals surface area contributed by atoms with Crippen LogP contribution in [0.1, 0.15) is 42.7 Å². The minimum absolute atomic E-state index is 0.148. The number of aromatic nitrogens is 2. The molecule has 0 bridgehead atoms. The van der Waals surface area contributed by atoms with Gasteiger partial charge in [-0.2, -0.15) is 0 Å². The first kappa shape index (κ1) is 17.5. The number of carbonyl (C=O) groups excluding carboxylic acids is 1. The molecule has 1 amide bonds. The lowest BCUT2D eigenvalue weighted by Crippen LogP contribution is -2.14. The summed E-state index contributed by atoms with van der Waals surface area (Å²) in [6.07, 6.45) is 1.13. The Balaban J connectivity index is 1.90. The fraction of sp³-hybridized carbons (Fsp3) is 0.278. The Hall–Kier alpha value is -3.29. The van der Waals surface area contributed by atoms with E-state index in [0.717, 1.165) is 6.20 Å². The summed E-state index contributed by atoms with van der Waals surface area (Å²) in [6, 6.07) is 6.33. The van der Waals surface area contributed by atoms with Gasteiger partial charge in [0.25, 0.3) is 11.6 Å². The lowest BCUT2D eigenvalue weighted by atomic mass is 9.97. The largest absolute Gasteiger partial charge is 0.440 e. The summed E-state index contributed by atoms with van der Waals surface area (Å²) in [6.45, 7) is 7.62. The third-order valence-corrected chi connectivity index (χ3v) is 3.81. The van der Waals surface area contributed by atoms with Gasteiger partial charge in [-0.3, -0.25) is 19.9 Å². The van der Waals surface area contributed by atoms with Gasteiger partial charge in [0.1, 0.15) is 11.7 Å². The van der Waals surface area contributed by atoms with Crippen molar-refractivity contribution in [2.24, 2.45) is 0 Å². The third kappa shape index (κ3) is 3.39. The van der Waals surface area contributed by atoms with E-state index in [1.165, 1.54) is 6.07 Å². The summed E-state index contributed by atoms with van der Waals surface area (Å²) >= 11 is 0. The average molecular weight is 354 g/mol. The van der Waals surface area contributed by atoms with Crippen LogP contribution in [-0.4, -0.2) is 20.8 Å². The van der Waals surface area contributed by atoms with Gasteiger partial charge in [-0.1, -0.05) is 20.8 Å². The second-order valence-corrected chi connectivity index (χ2v) is 6.99. The molecule has 3 aromatic rings. The molecule has 0 aliphatic rings. The second kappa shape index (κ2) is 6.21. The fourth-order valence-corrected chi connectivity index (χ4v) is 2.38. The van der Waals surface area contributed by atoms with Crippen LogP contribution in [0.15, 0.2) is 34.9 Å². The summed E-state index contributed by atoms with van der Waals surface area (Å²) in [7, 11) is 0. The lowest BCUT2D eigenvalue weighted by molar-refractivity contribution is -0.385. The maximum Gasteiger partial charge on any atom is 0.288 e. The van der Waals surface area contributed by atoms with Gasteiger partial charge in [-0.15, -0.1) is 0 Å². The predicted octanol–water partition coefficient (Wildman–Crippen LogP) is 3.99. The summed E-state index contributed by atoms with van der Waals surface area (Å²) in [5.41, 5.74) is 1.86. The van der Waals surface area contributed by atoms with E-state index in [1.807, 2.05) is 20.8 Å². The molecule has 0 aliphatic heterocycles. The molecule has 2 heterocycles. The van der Waals surface area contributed by atoms with E-state index in [1.54, 1.807) is 25.1 Å². The molecular formula is C18H18N4O4. The first-order chi connectivity index (χ1) is 12.1. The maximum atomic E-state index is 12.5. The molecule has 0 radical (unpaired) electrons. The number of fused-ring (bicyclic) bond motifs is 1. The molecule has 0 fully saturated rings. The number of nitro groups is 1. The van der Waals surface area contributed by atoms with Gasteiger partial charge in [0.05, 0.1) is 16.2 Å². The molecule has 26 heavy (non-hydrogen) atoms. The lowest BCUT2D eigenvalue weighted by Gasteiger charge is -2.11. The van der Waals surface area contributed by atoms with Crippen molar-refractivity contribution >= 4 is 28.4 Å². The highest BCUT2D eigenvalue weighted by atomic mass is 16.6. The second-order valence-electron chi connectivity index (χ2n) is 6.99. The van der Waals surface area contributed by atoms with E-state index in [2.05, 4.69) is 15.3 Å². The molecule has 8 nitrogen and oxygen atoms in total. The van der Waals surface area contributed by atoms with Gasteiger partial charge in [0.2, 0.25) is 5.89 Å². The van der Waals surface area contributed by atoms with E-state index in [4.69, 9.17) is 4.42 Å². The standard InChI is InChI=1S/C18H18N4O4/c1-10-13(8-12(9-19-10)22(24)25)16(23)20-11-5-6-15-14(7-11)21-17(26-15)18(2,3)4/h5-9H,1-4H3,(H,20,23). The molecular weight excluding hydrogens is 336 g/mol. The molecule has 2 aromatic heterocycles. The highest BCUT2D eigenvalue weighted by Crippen LogP contribution is 2.27. The van der Waals surface area contributed by atoms with E-state index in [-0.39, 0.29) is 16.7 Å². The Morgan fingerprint density at radius 1 is 1.27 bits per heavy atom. The molecule has 1 N–H and O–H groups in total. The first-order valence-electron chi connectivity index (χ1n) is 7.98. The van der Waals surface area contributed by atoms with Crippen LogP contribution in [0, 0.1) is 17.0 Å². The van der Waals surface area contributed by atoms with E-state index >= 15 is 0 Å². The van der Waals surface area contributed by atoms with E-state index in [0.29, 0.717) is 28.4 Å². The first-order valence-corrected chi connectivity index (χ1v) is 7.98. The molecule has 0 atom stereocenters. The summed E-state index contributed by atoms with van der Waals surface area (Å²) < 4.78 is 5.73. The normalized spacial score (nSPS) is 11.5. The predicted molar refractivity (Wildman–Crippen MR) is 96.3 cm³/mol. The molecule has 0 aliphatic carbocycles. The number of nitrogens with one attached hydrogen (secondary N) is 1. The minimum atomic E-state index is -0.585. The fourth-order valence-electron chi connectivity index (χ4n) is 2.38. The van der Waals surface area contributed by atoms with Crippen LogP contribution < -0.4 is 5.32 Å². The SMILES string of the molecule is Cc1ncc([N+](=O)[O-])cc1C(=O)Nc1ccc2oc(C(C)(C)C)nc2c1. The molecule has 0 saturated carbocycles. The van der Waals surface area contributed by atoms with Gasteiger partial charge in [0.15, 0.2) is 5.58 Å². The quantitative estimate of drug-likeness (QED) is 0.562. The highest BCUT2D eigenvalue weighted by molar-refractivity contribution is 6.05. The minimum Gasteiger partial charge on any atom is -0.440 e. The number of benzene rings is 1. The number of amides is 1. The molecule has 1 aromatic carbocycles. The van der Waals surface area contributed by atoms with Crippen molar-refractivity contribution in [3.8, 4) is 0 Å². The van der Waals surface area contributed by atoms with Crippen LogP contribution in [0.4, 0.5) is 11.4 Å². The van der Waals surface area contributed by atoms with Gasteiger partial charge < -0.3 is 9.73 Å². The monoisotopic (exact) mass is 354 g/mol. The molecule has 0 saturated heterocycles. The number of aryl methyl sites for hydroxylation is 1. The van der Waals surface area contributed by atoms with Crippen molar-refractivity contribution in [2.45, 2.75) is 33.1 Å². The Bertz CT molecular complexity index is 1020. The van der Waals surface area contributed by atoms with Crippen LogP contribution in [0.5, 0.6) is 0 Å². The Morgan fingerprint density at radius 2 is 2.00 bits per heavy atom. The van der Waals surface area contributed by atoms with Gasteiger partial charge in [0, 0.05) is 17.2 Å². The number of carbonyl (C=O) groups is 1. The van der Waals surface area contributed by atoms with Gasteiger partial charge >= 0.3 is 0 Å². The van der Waals surface area contributed by atoms with Crippen molar-refractivity contribution in [1.82, 2.24) is 9.97 Å². The van der Waals surface area contributed by atoms with Crippen LogP contribution in [-0.2, 0) is 5.41 Å². The number of hydrogen-bond donors (Lipinski definition) is 1. The molecule has 3 rings (SSSR count). The smallest absolute Gasteiger partial charge is 0.288 e. The summed E-state index contributed by atoms with van der Waals surface area (Å²) in [5, 5.41) is 13.6. The van der Waals surface area contributed by atoms with E-state index in [9.17, 15) is 14.9 Å². The zero-order chi connectivity index (χ0) is 19.1. The third-order valence-electron chi connectivity index (χ3n) is 3.81. The molecule has 8 heteroatoms. The number of pyridine rings is 1. The zero-order valence-electron chi connectivity index (χ0n) is 14.9. The Morgan fingerprint density at radius 3 is 2.65 bits per heavy atom. The van der Waals surface area contributed by atoms with Crippen LogP contribution in [0.3, 0.4) is 0 Å². The van der Waals surface area contributed by atoms with Crippen LogP contribution in [0.25, 0.3) is 11.1 Å². The highest BCUT2D eigenvalue weighted by Gasteiger charge is 2.21. The molecule has 0 spiro atoms. The van der Waals surface area contributed by atoms with Gasteiger partial charge in [-0.05, 0) is 25.1 Å². The van der Waals surface area contributed by atoms with Gasteiger partial charge in [-0.25, -0.2) is 4.98 Å². The van der Waals surface area contributed by atoms with Crippen LogP contribution in [0.2, 0.25) is 0 Å². The number of rotatable bonds is 3. The van der Waals surface area contributed by atoms with Crippen molar-refractivity contribution in [1.29, 1.82) is 0 Å². The van der Waals surface area contributed by atoms with Crippen molar-refractivity contribution in [3.63, 3.8) is 0 Å². The maximum absolute atomic E-state index is 12.5. The number of oxazole rings is 1. The Labute approximate surface area is 149 Å².